The van der Waals surface area contributed by atoms with Crippen molar-refractivity contribution in [3.8, 4) is 11.4 Å². The van der Waals surface area contributed by atoms with Gasteiger partial charge >= 0.3 is 0 Å². The normalized spacial score (nSPS) is 10.6. The minimum absolute atomic E-state index is 0.801. The molecule has 0 atom stereocenters. The zero-order valence-electron chi connectivity index (χ0n) is 9.53. The third-order valence-electron chi connectivity index (χ3n) is 2.37. The molecule has 2 aromatic rings. The second-order valence-electron chi connectivity index (χ2n) is 3.62. The average molecular weight is 233 g/mol. The molecule has 0 saturated carbocycles. The van der Waals surface area contributed by atoms with Crippen molar-refractivity contribution >= 4 is 11.3 Å². The van der Waals surface area contributed by atoms with Gasteiger partial charge in [-0.15, -0.1) is 0 Å². The van der Waals surface area contributed by atoms with E-state index in [1.807, 2.05) is 12.3 Å². The van der Waals surface area contributed by atoms with Crippen molar-refractivity contribution in [3.63, 3.8) is 0 Å². The average Bonchev–Trinajstić information content (AvgIpc) is 2.73. The van der Waals surface area contributed by atoms with Gasteiger partial charge in [0.25, 0.3) is 0 Å². The highest BCUT2D eigenvalue weighted by Gasteiger charge is 2.06. The number of nitrogens with one attached hydrogen (secondary N) is 1. The topological polar surface area (TPSA) is 37.8 Å². The molecule has 16 heavy (non-hydrogen) atoms. The second-order valence-corrected chi connectivity index (χ2v) is 4.36. The highest BCUT2D eigenvalue weighted by atomic mass is 32.1. The smallest absolute Gasteiger partial charge is 0.160 e. The van der Waals surface area contributed by atoms with E-state index in [1.165, 1.54) is 5.56 Å². The van der Waals surface area contributed by atoms with Gasteiger partial charge in [-0.2, -0.15) is 11.3 Å². The van der Waals surface area contributed by atoms with E-state index in [-0.39, 0.29) is 0 Å². The lowest BCUT2D eigenvalue weighted by atomic mass is 10.2. The Morgan fingerprint density at radius 2 is 2.25 bits per heavy atom. The van der Waals surface area contributed by atoms with Crippen molar-refractivity contribution in [1.29, 1.82) is 0 Å². The molecule has 0 bridgehead atoms. The maximum Gasteiger partial charge on any atom is 0.160 e. The van der Waals surface area contributed by atoms with E-state index in [0.29, 0.717) is 0 Å². The molecule has 0 aliphatic carbocycles. The van der Waals surface area contributed by atoms with Crippen LogP contribution in [0.25, 0.3) is 11.4 Å². The fourth-order valence-electron chi connectivity index (χ4n) is 1.47. The van der Waals surface area contributed by atoms with Crippen LogP contribution in [-0.4, -0.2) is 16.5 Å². The third kappa shape index (κ3) is 2.46. The molecule has 0 aliphatic heterocycles. The zero-order valence-corrected chi connectivity index (χ0v) is 10.3. The third-order valence-corrected chi connectivity index (χ3v) is 3.23. The highest BCUT2D eigenvalue weighted by molar-refractivity contribution is 7.08. The molecule has 1 N–H and O–H groups in total. The standard InChI is InChI=1S/C12H15N3S/c1-3-13-6-10-4-5-14-12(15-10)11-8-16-7-9(11)2/h4-5,7-8,13H,3,6H2,1-2H3. The summed E-state index contributed by atoms with van der Waals surface area (Å²) in [6, 6.07) is 1.95. The molecule has 4 heteroatoms. The largest absolute Gasteiger partial charge is 0.311 e. The van der Waals surface area contributed by atoms with Crippen molar-refractivity contribution in [1.82, 2.24) is 15.3 Å². The van der Waals surface area contributed by atoms with Crippen LogP contribution in [0, 0.1) is 6.92 Å². The summed E-state index contributed by atoms with van der Waals surface area (Å²) < 4.78 is 0. The molecular formula is C12H15N3S. The van der Waals surface area contributed by atoms with Gasteiger partial charge in [-0.05, 0) is 30.5 Å². The van der Waals surface area contributed by atoms with Gasteiger partial charge in [0.05, 0.1) is 5.69 Å². The van der Waals surface area contributed by atoms with Crippen molar-refractivity contribution < 1.29 is 0 Å². The fraction of sp³-hybridized carbons (Fsp3) is 0.333. The quantitative estimate of drug-likeness (QED) is 0.882. The Morgan fingerprint density at radius 1 is 1.38 bits per heavy atom. The Labute approximate surface area is 99.6 Å². The van der Waals surface area contributed by atoms with Gasteiger partial charge in [0.15, 0.2) is 5.82 Å². The number of aryl methyl sites for hydroxylation is 1. The molecule has 0 radical (unpaired) electrons. The van der Waals surface area contributed by atoms with Gasteiger partial charge < -0.3 is 5.32 Å². The van der Waals surface area contributed by atoms with Gasteiger partial charge in [-0.1, -0.05) is 6.92 Å². The first-order chi connectivity index (χ1) is 7.81. The molecule has 0 aliphatic rings. The second kappa shape index (κ2) is 5.18. The molecule has 2 heterocycles. The molecule has 2 aromatic heterocycles. The molecule has 3 nitrogen and oxygen atoms in total. The molecule has 0 unspecified atom stereocenters. The van der Waals surface area contributed by atoms with E-state index < -0.39 is 0 Å². The molecule has 0 spiro atoms. The van der Waals surface area contributed by atoms with Crippen LogP contribution in [0.4, 0.5) is 0 Å². The molecule has 84 valence electrons. The fourth-order valence-corrected chi connectivity index (χ4v) is 2.29. The van der Waals surface area contributed by atoms with Crippen molar-refractivity contribution in [2.24, 2.45) is 0 Å². The van der Waals surface area contributed by atoms with Crippen molar-refractivity contribution in [2.45, 2.75) is 20.4 Å². The summed E-state index contributed by atoms with van der Waals surface area (Å²) in [6.07, 6.45) is 1.83. The number of aromatic nitrogens is 2. The number of nitrogens with zero attached hydrogens (tertiary/aromatic N) is 2. The summed E-state index contributed by atoms with van der Waals surface area (Å²) in [5, 5.41) is 7.48. The number of hydrogen-bond acceptors (Lipinski definition) is 4. The van der Waals surface area contributed by atoms with Gasteiger partial charge in [0.2, 0.25) is 0 Å². The zero-order chi connectivity index (χ0) is 11.4. The lowest BCUT2D eigenvalue weighted by molar-refractivity contribution is 0.709. The van der Waals surface area contributed by atoms with Crippen molar-refractivity contribution in [3.05, 3.63) is 34.3 Å². The number of hydrogen-bond donors (Lipinski definition) is 1. The summed E-state index contributed by atoms with van der Waals surface area (Å²) in [4.78, 5) is 8.87. The minimum Gasteiger partial charge on any atom is -0.311 e. The van der Waals surface area contributed by atoms with Crippen LogP contribution in [-0.2, 0) is 6.54 Å². The summed E-state index contributed by atoms with van der Waals surface area (Å²) in [5.41, 5.74) is 3.42. The van der Waals surface area contributed by atoms with Crippen molar-refractivity contribution in [2.75, 3.05) is 6.54 Å². The van der Waals surface area contributed by atoms with Crippen LogP contribution in [0.15, 0.2) is 23.0 Å². The minimum atomic E-state index is 0.801. The Bertz CT molecular complexity index is 465. The summed E-state index contributed by atoms with van der Waals surface area (Å²) in [5.74, 6) is 0.828. The predicted molar refractivity (Wildman–Crippen MR) is 67.5 cm³/mol. The summed E-state index contributed by atoms with van der Waals surface area (Å²) in [7, 11) is 0. The number of thiophene rings is 1. The molecule has 0 aromatic carbocycles. The van der Waals surface area contributed by atoms with Crippen LogP contribution in [0.5, 0.6) is 0 Å². The summed E-state index contributed by atoms with van der Waals surface area (Å²) in [6.45, 7) is 5.93. The Kier molecular flexibility index (Phi) is 3.64. The first kappa shape index (κ1) is 11.2. The SMILES string of the molecule is CCNCc1ccnc(-c2cscc2C)n1. The maximum atomic E-state index is 4.55. The first-order valence-corrected chi connectivity index (χ1v) is 6.31. The van der Waals surface area contributed by atoms with E-state index >= 15 is 0 Å². The van der Waals surface area contributed by atoms with Crippen LogP contribution < -0.4 is 5.32 Å². The Morgan fingerprint density at radius 3 is 2.94 bits per heavy atom. The van der Waals surface area contributed by atoms with E-state index in [1.54, 1.807) is 11.3 Å². The van der Waals surface area contributed by atoms with E-state index in [2.05, 4.69) is 39.9 Å². The highest BCUT2D eigenvalue weighted by Crippen LogP contribution is 2.23. The van der Waals surface area contributed by atoms with Crippen LogP contribution in [0.1, 0.15) is 18.2 Å². The first-order valence-electron chi connectivity index (χ1n) is 5.37. The van der Waals surface area contributed by atoms with Gasteiger partial charge in [0.1, 0.15) is 0 Å². The van der Waals surface area contributed by atoms with E-state index in [0.717, 1.165) is 30.2 Å². The molecule has 0 saturated heterocycles. The van der Waals surface area contributed by atoms with E-state index in [4.69, 9.17) is 0 Å². The predicted octanol–water partition coefficient (Wildman–Crippen LogP) is 2.62. The molecule has 0 amide bonds. The monoisotopic (exact) mass is 233 g/mol. The van der Waals surface area contributed by atoms with E-state index in [9.17, 15) is 0 Å². The Balaban J connectivity index is 2.26. The number of rotatable bonds is 4. The van der Waals surface area contributed by atoms with Crippen LogP contribution in [0.2, 0.25) is 0 Å². The molecule has 0 fully saturated rings. The van der Waals surface area contributed by atoms with Crippen LogP contribution in [0.3, 0.4) is 0 Å². The van der Waals surface area contributed by atoms with Gasteiger partial charge in [-0.25, -0.2) is 9.97 Å². The summed E-state index contributed by atoms with van der Waals surface area (Å²) >= 11 is 1.69. The Hall–Kier alpha value is -1.26. The molecule has 2 rings (SSSR count). The maximum absolute atomic E-state index is 4.55. The van der Waals surface area contributed by atoms with Gasteiger partial charge in [0, 0.05) is 23.7 Å². The lowest BCUT2D eigenvalue weighted by Crippen LogP contribution is -2.13. The lowest BCUT2D eigenvalue weighted by Gasteiger charge is -2.03. The van der Waals surface area contributed by atoms with Gasteiger partial charge in [-0.3, -0.25) is 0 Å². The molecular weight excluding hydrogens is 218 g/mol. The van der Waals surface area contributed by atoms with Crippen LogP contribution >= 0.6 is 11.3 Å².